The van der Waals surface area contributed by atoms with Crippen LogP contribution in [0.5, 0.6) is 11.5 Å². The molecule has 0 saturated carbocycles. The van der Waals surface area contributed by atoms with E-state index in [2.05, 4.69) is 11.8 Å². The molecule has 1 aromatic rings. The third-order valence-corrected chi connectivity index (χ3v) is 2.96. The Balaban J connectivity index is 2.24. The van der Waals surface area contributed by atoms with Crippen molar-refractivity contribution in [1.82, 2.24) is 0 Å². The fourth-order valence-electron chi connectivity index (χ4n) is 2.17. The molecule has 0 spiro atoms. The zero-order valence-electron chi connectivity index (χ0n) is 8.98. The summed E-state index contributed by atoms with van der Waals surface area (Å²) in [4.78, 5) is 2.14. The summed E-state index contributed by atoms with van der Waals surface area (Å²) in [6.45, 7) is 4.13. The Morgan fingerprint density at radius 1 is 1.33 bits per heavy atom. The summed E-state index contributed by atoms with van der Waals surface area (Å²) in [5.74, 6) is 1.11. The van der Waals surface area contributed by atoms with Gasteiger partial charge in [-0.3, -0.25) is 0 Å². The Morgan fingerprint density at radius 3 is 2.87 bits per heavy atom. The first kappa shape index (κ1) is 10.1. The fraction of sp³-hybridized carbons (Fsp3) is 0.500. The molecule has 1 fully saturated rings. The lowest BCUT2D eigenvalue weighted by Gasteiger charge is -2.33. The molecule has 2 rings (SSSR count). The molecule has 1 heterocycles. The summed E-state index contributed by atoms with van der Waals surface area (Å²) in [7, 11) is 0. The Bertz CT molecular complexity index is 351. The molecule has 2 N–H and O–H groups in total. The van der Waals surface area contributed by atoms with Crippen molar-refractivity contribution in [1.29, 1.82) is 0 Å². The van der Waals surface area contributed by atoms with Crippen molar-refractivity contribution in [3.63, 3.8) is 0 Å². The summed E-state index contributed by atoms with van der Waals surface area (Å²) < 4.78 is 0. The molecule has 0 aromatic heterocycles. The van der Waals surface area contributed by atoms with E-state index in [-0.39, 0.29) is 11.5 Å². The van der Waals surface area contributed by atoms with Crippen LogP contribution in [0.15, 0.2) is 18.2 Å². The van der Waals surface area contributed by atoms with Gasteiger partial charge in [-0.1, -0.05) is 6.92 Å². The van der Waals surface area contributed by atoms with E-state index in [4.69, 9.17) is 0 Å². The van der Waals surface area contributed by atoms with Crippen molar-refractivity contribution in [3.05, 3.63) is 18.2 Å². The van der Waals surface area contributed by atoms with E-state index in [9.17, 15) is 10.2 Å². The van der Waals surface area contributed by atoms with Gasteiger partial charge in [0.2, 0.25) is 0 Å². The van der Waals surface area contributed by atoms with E-state index in [1.807, 2.05) is 0 Å². The van der Waals surface area contributed by atoms with Crippen LogP contribution < -0.4 is 4.90 Å². The highest BCUT2D eigenvalue weighted by Crippen LogP contribution is 2.33. The van der Waals surface area contributed by atoms with Crippen LogP contribution in [0.4, 0.5) is 5.69 Å². The molecule has 3 nitrogen and oxygen atoms in total. The maximum Gasteiger partial charge on any atom is 0.139 e. The van der Waals surface area contributed by atoms with Crippen molar-refractivity contribution in [2.24, 2.45) is 5.92 Å². The lowest BCUT2D eigenvalue weighted by Crippen LogP contribution is -2.34. The minimum Gasteiger partial charge on any atom is -0.508 e. The zero-order valence-corrected chi connectivity index (χ0v) is 8.98. The molecular weight excluding hydrogens is 190 g/mol. The molecule has 1 saturated heterocycles. The molecule has 1 unspecified atom stereocenters. The number of phenols is 2. The first-order valence-corrected chi connectivity index (χ1v) is 5.44. The fourth-order valence-corrected chi connectivity index (χ4v) is 2.17. The topological polar surface area (TPSA) is 43.7 Å². The minimum absolute atomic E-state index is 0.209. The van der Waals surface area contributed by atoms with Gasteiger partial charge >= 0.3 is 0 Å². The van der Waals surface area contributed by atoms with Crippen molar-refractivity contribution in [2.45, 2.75) is 19.8 Å². The first-order valence-electron chi connectivity index (χ1n) is 5.44. The molecule has 3 heteroatoms. The number of benzene rings is 1. The van der Waals surface area contributed by atoms with Gasteiger partial charge in [-0.25, -0.2) is 0 Å². The number of hydrogen-bond donors (Lipinski definition) is 2. The molecule has 82 valence electrons. The molecule has 15 heavy (non-hydrogen) atoms. The van der Waals surface area contributed by atoms with Crippen LogP contribution >= 0.6 is 0 Å². The van der Waals surface area contributed by atoms with E-state index in [0.717, 1.165) is 25.2 Å². The highest BCUT2D eigenvalue weighted by atomic mass is 16.3. The normalized spacial score (nSPS) is 21.7. The largest absolute Gasteiger partial charge is 0.508 e. The van der Waals surface area contributed by atoms with Crippen LogP contribution in [-0.4, -0.2) is 23.3 Å². The molecule has 0 radical (unpaired) electrons. The van der Waals surface area contributed by atoms with Crippen LogP contribution in [-0.2, 0) is 0 Å². The molecule has 1 aromatic carbocycles. The second-order valence-electron chi connectivity index (χ2n) is 4.37. The second kappa shape index (κ2) is 4.01. The van der Waals surface area contributed by atoms with Gasteiger partial charge in [-0.05, 0) is 30.9 Å². The van der Waals surface area contributed by atoms with E-state index >= 15 is 0 Å². The summed E-state index contributed by atoms with van der Waals surface area (Å²) in [5.41, 5.74) is 0.751. The van der Waals surface area contributed by atoms with Crippen molar-refractivity contribution >= 4 is 5.69 Å². The quantitative estimate of drug-likeness (QED) is 0.695. The van der Waals surface area contributed by atoms with Crippen molar-refractivity contribution in [2.75, 3.05) is 18.0 Å². The van der Waals surface area contributed by atoms with Crippen molar-refractivity contribution < 1.29 is 10.2 Å². The van der Waals surface area contributed by atoms with Gasteiger partial charge in [0.1, 0.15) is 11.5 Å². The van der Waals surface area contributed by atoms with Gasteiger partial charge in [0, 0.05) is 19.2 Å². The van der Waals surface area contributed by atoms with Gasteiger partial charge in [-0.15, -0.1) is 0 Å². The van der Waals surface area contributed by atoms with E-state index in [0.29, 0.717) is 5.92 Å². The SMILES string of the molecule is CC1CCCN(c2cc(O)ccc2O)C1. The van der Waals surface area contributed by atoms with Crippen LogP contribution in [0.3, 0.4) is 0 Å². The first-order chi connectivity index (χ1) is 7.16. The number of aromatic hydroxyl groups is 2. The van der Waals surface area contributed by atoms with Crippen molar-refractivity contribution in [3.8, 4) is 11.5 Å². The average Bonchev–Trinajstić information content (AvgIpc) is 2.22. The number of nitrogens with zero attached hydrogens (tertiary/aromatic N) is 1. The molecular formula is C12H17NO2. The number of rotatable bonds is 1. The molecule has 0 aliphatic carbocycles. The lowest BCUT2D eigenvalue weighted by molar-refractivity contribution is 0.429. The standard InChI is InChI=1S/C12H17NO2/c1-9-3-2-6-13(8-9)11-7-10(14)4-5-12(11)15/h4-5,7,9,14-15H,2-3,6,8H2,1H3. The van der Waals surface area contributed by atoms with Gasteiger partial charge in [-0.2, -0.15) is 0 Å². The minimum atomic E-state index is 0.209. The van der Waals surface area contributed by atoms with Gasteiger partial charge in [0.05, 0.1) is 5.69 Å². The summed E-state index contributed by atoms with van der Waals surface area (Å²) in [6.07, 6.45) is 2.40. The lowest BCUT2D eigenvalue weighted by atomic mass is 9.99. The van der Waals surface area contributed by atoms with Gasteiger partial charge < -0.3 is 15.1 Å². The zero-order chi connectivity index (χ0) is 10.8. The predicted octanol–water partition coefficient (Wildman–Crippen LogP) is 2.33. The Morgan fingerprint density at radius 2 is 2.13 bits per heavy atom. The monoisotopic (exact) mass is 207 g/mol. The summed E-state index contributed by atoms with van der Waals surface area (Å²) in [5, 5.41) is 19.1. The van der Waals surface area contributed by atoms with Crippen LogP contribution in [0, 0.1) is 5.92 Å². The van der Waals surface area contributed by atoms with E-state index in [1.54, 1.807) is 12.1 Å². The number of phenolic OH excluding ortho intramolecular Hbond substituents is 2. The van der Waals surface area contributed by atoms with Crippen LogP contribution in [0.25, 0.3) is 0 Å². The molecule has 1 aliphatic heterocycles. The summed E-state index contributed by atoms with van der Waals surface area (Å²) in [6, 6.07) is 4.68. The third kappa shape index (κ3) is 2.17. The molecule has 0 bridgehead atoms. The number of anilines is 1. The highest BCUT2D eigenvalue weighted by molar-refractivity contribution is 5.60. The number of hydrogen-bond acceptors (Lipinski definition) is 3. The van der Waals surface area contributed by atoms with Gasteiger partial charge in [0.25, 0.3) is 0 Å². The van der Waals surface area contributed by atoms with Gasteiger partial charge in [0.15, 0.2) is 0 Å². The molecule has 0 amide bonds. The smallest absolute Gasteiger partial charge is 0.139 e. The average molecular weight is 207 g/mol. The predicted molar refractivity (Wildman–Crippen MR) is 60.4 cm³/mol. The Labute approximate surface area is 90.0 Å². The Kier molecular flexibility index (Phi) is 2.71. The maximum absolute atomic E-state index is 9.72. The second-order valence-corrected chi connectivity index (χ2v) is 4.37. The maximum atomic E-state index is 9.72. The third-order valence-electron chi connectivity index (χ3n) is 2.96. The van der Waals surface area contributed by atoms with Crippen LogP contribution in [0.2, 0.25) is 0 Å². The molecule has 1 aliphatic rings. The highest BCUT2D eigenvalue weighted by Gasteiger charge is 2.19. The summed E-state index contributed by atoms with van der Waals surface area (Å²) >= 11 is 0. The van der Waals surface area contributed by atoms with Crippen LogP contribution in [0.1, 0.15) is 19.8 Å². The molecule has 1 atom stereocenters. The van der Waals surface area contributed by atoms with E-state index < -0.39 is 0 Å². The number of piperidine rings is 1. The Hall–Kier alpha value is -1.38. The van der Waals surface area contributed by atoms with E-state index in [1.165, 1.54) is 12.5 Å².